The fourth-order valence-electron chi connectivity index (χ4n) is 1.02. The molecule has 72 valence electrons. The van der Waals surface area contributed by atoms with Crippen molar-refractivity contribution in [2.45, 2.75) is 33.1 Å². The molecule has 0 bridgehead atoms. The number of nitrogens with two attached hydrogens (primary N) is 1. The van der Waals surface area contributed by atoms with E-state index in [1.54, 1.807) is 0 Å². The third kappa shape index (κ3) is 2.39. The monoisotopic (exact) mass is 180 g/mol. The van der Waals surface area contributed by atoms with Crippen LogP contribution in [0.5, 0.6) is 0 Å². The van der Waals surface area contributed by atoms with Crippen LogP contribution in [0, 0.1) is 6.92 Å². The van der Waals surface area contributed by atoms with Crippen LogP contribution in [0.1, 0.15) is 32.2 Å². The molecule has 0 aliphatic rings. The Balaban J connectivity index is 3.16. The van der Waals surface area contributed by atoms with Crippen molar-refractivity contribution in [2.24, 2.45) is 5.84 Å². The molecule has 4 nitrogen and oxygen atoms in total. The van der Waals surface area contributed by atoms with Crippen molar-refractivity contribution < 1.29 is 0 Å². The molecule has 1 heterocycles. The van der Waals surface area contributed by atoms with E-state index < -0.39 is 0 Å². The SMILES string of the molecule is Cc1cc(C(C)(C)C)nc(NN)n1. The second-order valence-corrected chi connectivity index (χ2v) is 4.11. The van der Waals surface area contributed by atoms with Crippen molar-refractivity contribution in [2.75, 3.05) is 5.43 Å². The van der Waals surface area contributed by atoms with Crippen LogP contribution >= 0.6 is 0 Å². The largest absolute Gasteiger partial charge is 0.292 e. The van der Waals surface area contributed by atoms with Gasteiger partial charge in [-0.3, -0.25) is 5.43 Å². The van der Waals surface area contributed by atoms with Gasteiger partial charge in [-0.15, -0.1) is 0 Å². The van der Waals surface area contributed by atoms with E-state index in [0.717, 1.165) is 11.4 Å². The molecule has 0 saturated carbocycles. The molecule has 0 aromatic carbocycles. The molecule has 0 fully saturated rings. The Morgan fingerprint density at radius 1 is 1.31 bits per heavy atom. The summed E-state index contributed by atoms with van der Waals surface area (Å²) in [6.07, 6.45) is 0. The van der Waals surface area contributed by atoms with Crippen LogP contribution in [0.25, 0.3) is 0 Å². The second-order valence-electron chi connectivity index (χ2n) is 4.11. The number of aromatic nitrogens is 2. The highest BCUT2D eigenvalue weighted by molar-refractivity contribution is 5.28. The lowest BCUT2D eigenvalue weighted by atomic mass is 9.91. The Morgan fingerprint density at radius 3 is 2.38 bits per heavy atom. The summed E-state index contributed by atoms with van der Waals surface area (Å²) in [5.74, 6) is 5.73. The Kier molecular flexibility index (Phi) is 2.52. The quantitative estimate of drug-likeness (QED) is 0.506. The number of anilines is 1. The number of hydrazine groups is 1. The van der Waals surface area contributed by atoms with Gasteiger partial charge >= 0.3 is 0 Å². The van der Waals surface area contributed by atoms with Crippen molar-refractivity contribution in [1.82, 2.24) is 9.97 Å². The van der Waals surface area contributed by atoms with Gasteiger partial charge in [0.25, 0.3) is 0 Å². The highest BCUT2D eigenvalue weighted by atomic mass is 15.3. The lowest BCUT2D eigenvalue weighted by Crippen LogP contribution is -2.18. The summed E-state index contributed by atoms with van der Waals surface area (Å²) in [4.78, 5) is 8.39. The molecule has 0 saturated heterocycles. The molecule has 0 spiro atoms. The van der Waals surface area contributed by atoms with Crippen molar-refractivity contribution in [3.05, 3.63) is 17.5 Å². The van der Waals surface area contributed by atoms with E-state index >= 15 is 0 Å². The number of hydrogen-bond donors (Lipinski definition) is 2. The second kappa shape index (κ2) is 3.30. The van der Waals surface area contributed by atoms with Crippen molar-refractivity contribution in [3.8, 4) is 0 Å². The molecule has 13 heavy (non-hydrogen) atoms. The Bertz CT molecular complexity index is 301. The maximum atomic E-state index is 5.26. The fourth-order valence-corrected chi connectivity index (χ4v) is 1.02. The molecule has 0 atom stereocenters. The van der Waals surface area contributed by atoms with Crippen LogP contribution in [0.3, 0.4) is 0 Å². The Labute approximate surface area is 78.6 Å². The van der Waals surface area contributed by atoms with E-state index in [9.17, 15) is 0 Å². The number of aryl methyl sites for hydroxylation is 1. The van der Waals surface area contributed by atoms with Crippen LogP contribution in [0.4, 0.5) is 5.95 Å². The first-order valence-electron chi connectivity index (χ1n) is 4.26. The molecule has 0 aliphatic carbocycles. The number of nitrogen functional groups attached to an aromatic ring is 1. The Hall–Kier alpha value is -1.16. The summed E-state index contributed by atoms with van der Waals surface area (Å²) >= 11 is 0. The molecular weight excluding hydrogens is 164 g/mol. The number of nitrogens with one attached hydrogen (secondary N) is 1. The van der Waals surface area contributed by atoms with E-state index in [4.69, 9.17) is 5.84 Å². The van der Waals surface area contributed by atoms with Gasteiger partial charge in [-0.1, -0.05) is 20.8 Å². The molecule has 3 N–H and O–H groups in total. The van der Waals surface area contributed by atoms with E-state index in [0.29, 0.717) is 5.95 Å². The van der Waals surface area contributed by atoms with E-state index in [2.05, 4.69) is 36.2 Å². The molecule has 1 rings (SSSR count). The zero-order chi connectivity index (χ0) is 10.1. The molecule has 0 aliphatic heterocycles. The lowest BCUT2D eigenvalue weighted by Gasteiger charge is -2.18. The first kappa shape index (κ1) is 9.92. The van der Waals surface area contributed by atoms with E-state index in [-0.39, 0.29) is 5.41 Å². The standard InChI is InChI=1S/C9H16N4/c1-6-5-7(9(2,3)4)12-8(11-6)13-10/h5H,10H2,1-4H3,(H,11,12,13). The smallest absolute Gasteiger partial charge is 0.237 e. The predicted molar refractivity (Wildman–Crippen MR) is 53.3 cm³/mol. The maximum absolute atomic E-state index is 5.26. The molecule has 0 radical (unpaired) electrons. The third-order valence-corrected chi connectivity index (χ3v) is 1.75. The zero-order valence-corrected chi connectivity index (χ0v) is 8.55. The van der Waals surface area contributed by atoms with Gasteiger partial charge in [0.05, 0.1) is 5.69 Å². The minimum atomic E-state index is 0.0271. The molecule has 0 unspecified atom stereocenters. The molecule has 1 aromatic heterocycles. The molecule has 4 heteroatoms. The summed E-state index contributed by atoms with van der Waals surface area (Å²) in [7, 11) is 0. The van der Waals surface area contributed by atoms with Crippen molar-refractivity contribution >= 4 is 5.95 Å². The first-order chi connectivity index (χ1) is 5.93. The zero-order valence-electron chi connectivity index (χ0n) is 8.55. The Morgan fingerprint density at radius 2 is 1.92 bits per heavy atom. The molecular formula is C9H16N4. The van der Waals surface area contributed by atoms with E-state index in [1.165, 1.54) is 0 Å². The highest BCUT2D eigenvalue weighted by Gasteiger charge is 2.16. The average Bonchev–Trinajstić information content (AvgIpc) is 2.01. The number of rotatable bonds is 1. The van der Waals surface area contributed by atoms with Gasteiger partial charge in [0.15, 0.2) is 0 Å². The van der Waals surface area contributed by atoms with Crippen LogP contribution in [0.2, 0.25) is 0 Å². The van der Waals surface area contributed by atoms with Gasteiger partial charge in [0.2, 0.25) is 5.95 Å². The van der Waals surface area contributed by atoms with Gasteiger partial charge in [-0.05, 0) is 13.0 Å². The summed E-state index contributed by atoms with van der Waals surface area (Å²) in [6, 6.07) is 1.97. The minimum Gasteiger partial charge on any atom is -0.292 e. The van der Waals surface area contributed by atoms with Gasteiger partial charge in [0.1, 0.15) is 0 Å². The fraction of sp³-hybridized carbons (Fsp3) is 0.556. The van der Waals surface area contributed by atoms with Gasteiger partial charge in [-0.25, -0.2) is 15.8 Å². The van der Waals surface area contributed by atoms with Crippen LogP contribution < -0.4 is 11.3 Å². The van der Waals surface area contributed by atoms with Crippen LogP contribution in [-0.2, 0) is 5.41 Å². The number of hydrogen-bond acceptors (Lipinski definition) is 4. The average molecular weight is 180 g/mol. The normalized spacial score (nSPS) is 11.5. The summed E-state index contributed by atoms with van der Waals surface area (Å²) in [5, 5.41) is 0. The summed E-state index contributed by atoms with van der Waals surface area (Å²) in [5.41, 5.74) is 4.40. The number of nitrogens with zero attached hydrogens (tertiary/aromatic N) is 2. The van der Waals surface area contributed by atoms with Crippen molar-refractivity contribution in [1.29, 1.82) is 0 Å². The summed E-state index contributed by atoms with van der Waals surface area (Å²) in [6.45, 7) is 8.25. The predicted octanol–water partition coefficient (Wildman–Crippen LogP) is 1.37. The topological polar surface area (TPSA) is 63.8 Å². The van der Waals surface area contributed by atoms with Gasteiger partial charge < -0.3 is 0 Å². The molecule has 0 amide bonds. The highest BCUT2D eigenvalue weighted by Crippen LogP contribution is 2.21. The van der Waals surface area contributed by atoms with Gasteiger partial charge in [-0.2, -0.15) is 0 Å². The lowest BCUT2D eigenvalue weighted by molar-refractivity contribution is 0.566. The minimum absolute atomic E-state index is 0.0271. The summed E-state index contributed by atoms with van der Waals surface area (Å²) < 4.78 is 0. The first-order valence-corrected chi connectivity index (χ1v) is 4.26. The molecule has 1 aromatic rings. The van der Waals surface area contributed by atoms with Crippen LogP contribution in [0.15, 0.2) is 6.07 Å². The van der Waals surface area contributed by atoms with Crippen molar-refractivity contribution in [3.63, 3.8) is 0 Å². The van der Waals surface area contributed by atoms with E-state index in [1.807, 2.05) is 13.0 Å². The van der Waals surface area contributed by atoms with Crippen LogP contribution in [-0.4, -0.2) is 9.97 Å². The van der Waals surface area contributed by atoms with Gasteiger partial charge in [0, 0.05) is 11.1 Å². The third-order valence-electron chi connectivity index (χ3n) is 1.75. The maximum Gasteiger partial charge on any atom is 0.237 e.